The summed E-state index contributed by atoms with van der Waals surface area (Å²) in [5, 5.41) is 2.76. The van der Waals surface area contributed by atoms with Gasteiger partial charge in [-0.25, -0.2) is 8.42 Å². The second-order valence-electron chi connectivity index (χ2n) is 3.79. The summed E-state index contributed by atoms with van der Waals surface area (Å²) in [7, 11) is -3.76. The maximum absolute atomic E-state index is 12.0. The van der Waals surface area contributed by atoms with E-state index >= 15 is 0 Å². The Hall–Kier alpha value is -1.27. The van der Waals surface area contributed by atoms with E-state index < -0.39 is 21.5 Å². The first-order valence-electron chi connectivity index (χ1n) is 5.41. The Morgan fingerprint density at radius 1 is 1.44 bits per heavy atom. The van der Waals surface area contributed by atoms with Crippen LogP contribution in [0.25, 0.3) is 0 Å². The van der Waals surface area contributed by atoms with Crippen molar-refractivity contribution in [3.05, 3.63) is 23.2 Å². The van der Waals surface area contributed by atoms with E-state index in [4.69, 9.17) is 17.3 Å². The SMILES string of the molecule is CCCNC(=O)CS(=O)(=O)c1cc(Cl)ccc1N. The summed E-state index contributed by atoms with van der Waals surface area (Å²) < 4.78 is 24.0. The number of carbonyl (C=O) groups is 1. The van der Waals surface area contributed by atoms with Crippen molar-refractivity contribution in [3.63, 3.8) is 0 Å². The summed E-state index contributed by atoms with van der Waals surface area (Å²) in [6, 6.07) is 4.14. The lowest BCUT2D eigenvalue weighted by Crippen LogP contribution is -2.31. The minimum atomic E-state index is -3.76. The second-order valence-corrected chi connectivity index (χ2v) is 6.19. The lowest BCUT2D eigenvalue weighted by atomic mass is 10.3. The normalized spacial score (nSPS) is 11.2. The zero-order valence-electron chi connectivity index (χ0n) is 9.94. The van der Waals surface area contributed by atoms with Gasteiger partial charge in [0, 0.05) is 11.6 Å². The number of hydrogen-bond donors (Lipinski definition) is 2. The van der Waals surface area contributed by atoms with E-state index in [2.05, 4.69) is 5.32 Å². The minimum Gasteiger partial charge on any atom is -0.398 e. The van der Waals surface area contributed by atoms with Crippen LogP contribution in [0, 0.1) is 0 Å². The zero-order valence-corrected chi connectivity index (χ0v) is 11.5. The van der Waals surface area contributed by atoms with Crippen molar-refractivity contribution >= 4 is 33.0 Å². The monoisotopic (exact) mass is 290 g/mol. The summed E-state index contributed by atoms with van der Waals surface area (Å²) in [5.74, 6) is -1.17. The summed E-state index contributed by atoms with van der Waals surface area (Å²) in [6.45, 7) is 2.32. The molecule has 0 bridgehead atoms. The molecule has 0 radical (unpaired) electrons. The number of hydrogen-bond acceptors (Lipinski definition) is 4. The van der Waals surface area contributed by atoms with Crippen LogP contribution in [0.5, 0.6) is 0 Å². The highest BCUT2D eigenvalue weighted by Crippen LogP contribution is 2.23. The van der Waals surface area contributed by atoms with Gasteiger partial charge >= 0.3 is 0 Å². The number of nitrogens with one attached hydrogen (secondary N) is 1. The third-order valence-electron chi connectivity index (χ3n) is 2.20. The number of benzene rings is 1. The number of amides is 1. The van der Waals surface area contributed by atoms with Gasteiger partial charge in [0.2, 0.25) is 5.91 Å². The largest absolute Gasteiger partial charge is 0.398 e. The number of carbonyl (C=O) groups excluding carboxylic acids is 1. The van der Waals surface area contributed by atoms with E-state index in [9.17, 15) is 13.2 Å². The Bertz CT molecular complexity index is 543. The molecule has 100 valence electrons. The van der Waals surface area contributed by atoms with Gasteiger partial charge in [-0.3, -0.25) is 4.79 Å². The average Bonchev–Trinajstić information content (AvgIpc) is 2.29. The van der Waals surface area contributed by atoms with Crippen molar-refractivity contribution in [3.8, 4) is 0 Å². The Kier molecular flexibility index (Phi) is 4.98. The third-order valence-corrected chi connectivity index (χ3v) is 4.10. The van der Waals surface area contributed by atoms with E-state index in [0.717, 1.165) is 6.42 Å². The Labute approximate surface area is 111 Å². The average molecular weight is 291 g/mol. The van der Waals surface area contributed by atoms with Gasteiger partial charge < -0.3 is 11.1 Å². The Balaban J connectivity index is 2.93. The van der Waals surface area contributed by atoms with E-state index in [1.807, 2.05) is 6.92 Å². The van der Waals surface area contributed by atoms with Gasteiger partial charge in [0.25, 0.3) is 0 Å². The molecule has 0 atom stereocenters. The van der Waals surface area contributed by atoms with Crippen LogP contribution >= 0.6 is 11.6 Å². The first-order valence-corrected chi connectivity index (χ1v) is 7.44. The highest BCUT2D eigenvalue weighted by Gasteiger charge is 2.21. The molecule has 5 nitrogen and oxygen atoms in total. The van der Waals surface area contributed by atoms with Crippen LogP contribution in [-0.2, 0) is 14.6 Å². The van der Waals surface area contributed by atoms with E-state index in [0.29, 0.717) is 6.54 Å². The van der Waals surface area contributed by atoms with Gasteiger partial charge in [-0.2, -0.15) is 0 Å². The molecule has 1 amide bonds. The molecular formula is C11H15ClN2O3S. The van der Waals surface area contributed by atoms with Crippen molar-refractivity contribution in [1.82, 2.24) is 5.32 Å². The molecule has 0 fully saturated rings. The second kappa shape index (κ2) is 6.06. The predicted molar refractivity (Wildman–Crippen MR) is 71.2 cm³/mol. The molecule has 0 spiro atoms. The summed E-state index contributed by atoms with van der Waals surface area (Å²) in [4.78, 5) is 11.3. The van der Waals surface area contributed by atoms with E-state index in [1.165, 1.54) is 18.2 Å². The molecule has 1 rings (SSSR count). The van der Waals surface area contributed by atoms with Crippen LogP contribution in [-0.4, -0.2) is 26.6 Å². The highest BCUT2D eigenvalue weighted by atomic mass is 35.5. The standard InChI is InChI=1S/C11H15ClN2O3S/c1-2-5-14-11(15)7-18(16,17)10-6-8(12)3-4-9(10)13/h3-4,6H,2,5,7,13H2,1H3,(H,14,15). The van der Waals surface area contributed by atoms with Gasteiger partial charge in [0.1, 0.15) is 5.75 Å². The van der Waals surface area contributed by atoms with Gasteiger partial charge in [0.15, 0.2) is 9.84 Å². The molecule has 0 aromatic heterocycles. The molecule has 0 aliphatic heterocycles. The van der Waals surface area contributed by atoms with Crippen molar-refractivity contribution in [2.24, 2.45) is 0 Å². The van der Waals surface area contributed by atoms with Crippen LogP contribution in [0.1, 0.15) is 13.3 Å². The fourth-order valence-electron chi connectivity index (χ4n) is 1.34. The minimum absolute atomic E-state index is 0.0858. The summed E-state index contributed by atoms with van der Waals surface area (Å²) in [5.41, 5.74) is 5.67. The molecule has 1 aromatic rings. The van der Waals surface area contributed by atoms with Crippen LogP contribution in [0.2, 0.25) is 5.02 Å². The number of rotatable bonds is 5. The maximum atomic E-state index is 12.0. The third kappa shape index (κ3) is 3.89. The molecule has 0 saturated heterocycles. The lowest BCUT2D eigenvalue weighted by Gasteiger charge is -2.08. The molecule has 0 heterocycles. The summed E-state index contributed by atoms with van der Waals surface area (Å²) in [6.07, 6.45) is 0.741. The quantitative estimate of drug-likeness (QED) is 0.798. The molecule has 0 saturated carbocycles. The first-order chi connectivity index (χ1) is 8.36. The topological polar surface area (TPSA) is 89.3 Å². The number of nitrogen functional groups attached to an aromatic ring is 1. The van der Waals surface area contributed by atoms with E-state index in [-0.39, 0.29) is 15.6 Å². The smallest absolute Gasteiger partial charge is 0.235 e. The van der Waals surface area contributed by atoms with Crippen LogP contribution in [0.3, 0.4) is 0 Å². The molecule has 0 unspecified atom stereocenters. The number of halogens is 1. The molecule has 0 aliphatic carbocycles. The van der Waals surface area contributed by atoms with Crippen molar-refractivity contribution in [2.45, 2.75) is 18.2 Å². The Morgan fingerprint density at radius 3 is 2.72 bits per heavy atom. The lowest BCUT2D eigenvalue weighted by molar-refractivity contribution is -0.118. The van der Waals surface area contributed by atoms with Crippen molar-refractivity contribution in [1.29, 1.82) is 0 Å². The van der Waals surface area contributed by atoms with Gasteiger partial charge in [-0.1, -0.05) is 18.5 Å². The molecule has 1 aromatic carbocycles. The molecule has 18 heavy (non-hydrogen) atoms. The first kappa shape index (κ1) is 14.8. The molecule has 7 heteroatoms. The van der Waals surface area contributed by atoms with Gasteiger partial charge in [-0.15, -0.1) is 0 Å². The summed E-state index contributed by atoms with van der Waals surface area (Å²) >= 11 is 5.72. The molecular weight excluding hydrogens is 276 g/mol. The van der Waals surface area contributed by atoms with Crippen LogP contribution < -0.4 is 11.1 Å². The number of anilines is 1. The van der Waals surface area contributed by atoms with Crippen LogP contribution in [0.15, 0.2) is 23.1 Å². The zero-order chi connectivity index (χ0) is 13.8. The Morgan fingerprint density at radius 2 is 2.11 bits per heavy atom. The van der Waals surface area contributed by atoms with Gasteiger partial charge in [0.05, 0.1) is 10.6 Å². The fourth-order valence-corrected chi connectivity index (χ4v) is 2.92. The molecule has 3 N–H and O–H groups in total. The van der Waals surface area contributed by atoms with E-state index in [1.54, 1.807) is 0 Å². The number of sulfone groups is 1. The van der Waals surface area contributed by atoms with Crippen molar-refractivity contribution in [2.75, 3.05) is 18.0 Å². The van der Waals surface area contributed by atoms with Crippen LogP contribution in [0.4, 0.5) is 5.69 Å². The van der Waals surface area contributed by atoms with Gasteiger partial charge in [-0.05, 0) is 24.6 Å². The fraction of sp³-hybridized carbons (Fsp3) is 0.364. The van der Waals surface area contributed by atoms with Crippen molar-refractivity contribution < 1.29 is 13.2 Å². The predicted octanol–water partition coefficient (Wildman–Crippen LogP) is 1.22. The molecule has 0 aliphatic rings. The highest BCUT2D eigenvalue weighted by molar-refractivity contribution is 7.92. The number of nitrogens with two attached hydrogens (primary N) is 1. The maximum Gasteiger partial charge on any atom is 0.235 e.